The summed E-state index contributed by atoms with van der Waals surface area (Å²) in [5, 5.41) is 0. The zero-order valence-electron chi connectivity index (χ0n) is 13.3. The standard InChI is InChI=1S/C16H28N2O2/c1-6-14(19)17(7-2)12-15(20)18-10-8-16(5,9-11-18)13(3)4/h6,13H,1,7-12H2,2-5H3. The number of likely N-dealkylation sites (N-methyl/N-ethyl adjacent to an activating group) is 1. The fraction of sp³-hybridized carbons (Fsp3) is 0.750. The van der Waals surface area contributed by atoms with E-state index in [0.29, 0.717) is 17.9 Å². The number of piperidine rings is 1. The molecule has 20 heavy (non-hydrogen) atoms. The van der Waals surface area contributed by atoms with Crippen LogP contribution in [0, 0.1) is 11.3 Å². The highest BCUT2D eigenvalue weighted by molar-refractivity contribution is 5.90. The van der Waals surface area contributed by atoms with E-state index in [9.17, 15) is 9.59 Å². The van der Waals surface area contributed by atoms with E-state index in [2.05, 4.69) is 27.4 Å². The molecule has 0 unspecified atom stereocenters. The molecule has 0 bridgehead atoms. The van der Waals surface area contributed by atoms with Gasteiger partial charge in [-0.2, -0.15) is 0 Å². The van der Waals surface area contributed by atoms with Gasteiger partial charge in [0.05, 0.1) is 6.54 Å². The summed E-state index contributed by atoms with van der Waals surface area (Å²) >= 11 is 0. The Kier molecular flexibility index (Phi) is 5.78. The summed E-state index contributed by atoms with van der Waals surface area (Å²) in [6.45, 7) is 14.5. The van der Waals surface area contributed by atoms with Crippen molar-refractivity contribution in [2.24, 2.45) is 11.3 Å². The third kappa shape index (κ3) is 3.84. The third-order valence-electron chi connectivity index (χ3n) is 4.85. The number of likely N-dealkylation sites (tertiary alicyclic amines) is 1. The summed E-state index contributed by atoms with van der Waals surface area (Å²) in [6.07, 6.45) is 3.35. The fourth-order valence-electron chi connectivity index (χ4n) is 2.58. The largest absolute Gasteiger partial charge is 0.341 e. The van der Waals surface area contributed by atoms with Gasteiger partial charge in [-0.1, -0.05) is 27.4 Å². The monoisotopic (exact) mass is 280 g/mol. The van der Waals surface area contributed by atoms with Crippen molar-refractivity contribution in [3.63, 3.8) is 0 Å². The summed E-state index contributed by atoms with van der Waals surface area (Å²) in [4.78, 5) is 27.3. The number of nitrogens with zero attached hydrogens (tertiary/aromatic N) is 2. The minimum atomic E-state index is -0.176. The molecule has 0 aromatic carbocycles. The maximum atomic E-state index is 12.3. The van der Waals surface area contributed by atoms with Gasteiger partial charge in [-0.25, -0.2) is 0 Å². The molecule has 0 N–H and O–H groups in total. The van der Waals surface area contributed by atoms with E-state index in [1.165, 1.54) is 11.0 Å². The lowest BCUT2D eigenvalue weighted by Crippen LogP contribution is -2.48. The molecule has 0 aromatic heterocycles. The second kappa shape index (κ2) is 6.91. The quantitative estimate of drug-likeness (QED) is 0.725. The Bertz CT molecular complexity index is 369. The van der Waals surface area contributed by atoms with Crippen molar-refractivity contribution in [2.75, 3.05) is 26.2 Å². The zero-order chi connectivity index (χ0) is 15.3. The van der Waals surface area contributed by atoms with Crippen LogP contribution < -0.4 is 0 Å². The van der Waals surface area contributed by atoms with Gasteiger partial charge in [-0.3, -0.25) is 9.59 Å². The molecule has 2 amide bonds. The van der Waals surface area contributed by atoms with Crippen LogP contribution in [-0.4, -0.2) is 47.8 Å². The lowest BCUT2D eigenvalue weighted by atomic mass is 9.72. The van der Waals surface area contributed by atoms with Crippen LogP contribution in [0.5, 0.6) is 0 Å². The molecular formula is C16H28N2O2. The van der Waals surface area contributed by atoms with Gasteiger partial charge in [0.25, 0.3) is 0 Å². The molecule has 1 fully saturated rings. The molecule has 0 aromatic rings. The molecule has 114 valence electrons. The van der Waals surface area contributed by atoms with E-state index in [4.69, 9.17) is 0 Å². The molecule has 0 aliphatic carbocycles. The average molecular weight is 280 g/mol. The Hall–Kier alpha value is -1.32. The Morgan fingerprint density at radius 3 is 2.30 bits per heavy atom. The van der Waals surface area contributed by atoms with Crippen LogP contribution in [0.3, 0.4) is 0 Å². The summed E-state index contributed by atoms with van der Waals surface area (Å²) in [5.74, 6) is 0.506. The molecule has 4 nitrogen and oxygen atoms in total. The second-order valence-corrected chi connectivity index (χ2v) is 6.25. The first-order chi connectivity index (χ1) is 9.34. The Balaban J connectivity index is 2.55. The summed E-state index contributed by atoms with van der Waals surface area (Å²) in [7, 11) is 0. The van der Waals surface area contributed by atoms with E-state index in [0.717, 1.165) is 25.9 Å². The number of amides is 2. The summed E-state index contributed by atoms with van der Waals surface area (Å²) in [6, 6.07) is 0. The van der Waals surface area contributed by atoms with Crippen LogP contribution in [-0.2, 0) is 9.59 Å². The van der Waals surface area contributed by atoms with Crippen molar-refractivity contribution in [1.82, 2.24) is 9.80 Å². The molecule has 4 heteroatoms. The zero-order valence-corrected chi connectivity index (χ0v) is 13.3. The third-order valence-corrected chi connectivity index (χ3v) is 4.85. The Morgan fingerprint density at radius 1 is 1.35 bits per heavy atom. The minimum Gasteiger partial charge on any atom is -0.341 e. The van der Waals surface area contributed by atoms with Gasteiger partial charge >= 0.3 is 0 Å². The average Bonchev–Trinajstić information content (AvgIpc) is 2.44. The minimum absolute atomic E-state index is 0.0489. The Labute approximate surface area is 122 Å². The van der Waals surface area contributed by atoms with Gasteiger partial charge < -0.3 is 9.80 Å². The highest BCUT2D eigenvalue weighted by Gasteiger charge is 2.34. The lowest BCUT2D eigenvalue weighted by molar-refractivity contribution is -0.139. The van der Waals surface area contributed by atoms with E-state index < -0.39 is 0 Å². The highest BCUT2D eigenvalue weighted by atomic mass is 16.2. The molecule has 0 spiro atoms. The SMILES string of the molecule is C=CC(=O)N(CC)CC(=O)N1CCC(C)(C(C)C)CC1. The summed E-state index contributed by atoms with van der Waals surface area (Å²) in [5.41, 5.74) is 0.332. The predicted octanol–water partition coefficient (Wildman–Crippen LogP) is 2.31. The first-order valence-corrected chi connectivity index (χ1v) is 7.53. The number of hydrogen-bond donors (Lipinski definition) is 0. The lowest BCUT2D eigenvalue weighted by Gasteiger charge is -2.42. The van der Waals surface area contributed by atoms with Crippen LogP contribution in [0.25, 0.3) is 0 Å². The van der Waals surface area contributed by atoms with Gasteiger partial charge in [-0.05, 0) is 37.2 Å². The highest BCUT2D eigenvalue weighted by Crippen LogP contribution is 2.37. The molecule has 1 heterocycles. The Morgan fingerprint density at radius 2 is 1.90 bits per heavy atom. The van der Waals surface area contributed by atoms with Crippen molar-refractivity contribution in [3.8, 4) is 0 Å². The first kappa shape index (κ1) is 16.7. The molecule has 0 radical (unpaired) electrons. The fourth-order valence-corrected chi connectivity index (χ4v) is 2.58. The van der Waals surface area contributed by atoms with Crippen molar-refractivity contribution < 1.29 is 9.59 Å². The molecule has 1 rings (SSSR count). The van der Waals surface area contributed by atoms with Gasteiger partial charge in [0, 0.05) is 19.6 Å². The number of carbonyl (C=O) groups is 2. The molecule has 1 saturated heterocycles. The van der Waals surface area contributed by atoms with Crippen LogP contribution >= 0.6 is 0 Å². The number of rotatable bonds is 5. The molecule has 0 saturated carbocycles. The molecule has 0 atom stereocenters. The van der Waals surface area contributed by atoms with Crippen LogP contribution in [0.1, 0.15) is 40.5 Å². The van der Waals surface area contributed by atoms with Crippen LogP contribution in [0.2, 0.25) is 0 Å². The van der Waals surface area contributed by atoms with E-state index in [1.807, 2.05) is 11.8 Å². The van der Waals surface area contributed by atoms with E-state index in [-0.39, 0.29) is 18.4 Å². The first-order valence-electron chi connectivity index (χ1n) is 7.53. The van der Waals surface area contributed by atoms with E-state index in [1.54, 1.807) is 0 Å². The topological polar surface area (TPSA) is 40.6 Å². The molecular weight excluding hydrogens is 252 g/mol. The van der Waals surface area contributed by atoms with Crippen molar-refractivity contribution in [2.45, 2.75) is 40.5 Å². The normalized spacial score (nSPS) is 17.9. The van der Waals surface area contributed by atoms with Gasteiger partial charge in [0.15, 0.2) is 0 Å². The smallest absolute Gasteiger partial charge is 0.246 e. The number of hydrogen-bond acceptors (Lipinski definition) is 2. The maximum absolute atomic E-state index is 12.3. The molecule has 1 aliphatic rings. The van der Waals surface area contributed by atoms with Gasteiger partial charge in [0.1, 0.15) is 0 Å². The van der Waals surface area contributed by atoms with Crippen molar-refractivity contribution in [3.05, 3.63) is 12.7 Å². The van der Waals surface area contributed by atoms with Gasteiger partial charge in [0.2, 0.25) is 11.8 Å². The van der Waals surface area contributed by atoms with Crippen molar-refractivity contribution >= 4 is 11.8 Å². The number of carbonyl (C=O) groups excluding carboxylic acids is 2. The van der Waals surface area contributed by atoms with Crippen LogP contribution in [0.15, 0.2) is 12.7 Å². The molecule has 1 aliphatic heterocycles. The maximum Gasteiger partial charge on any atom is 0.246 e. The van der Waals surface area contributed by atoms with Crippen LogP contribution in [0.4, 0.5) is 0 Å². The predicted molar refractivity (Wildman–Crippen MR) is 81.2 cm³/mol. The van der Waals surface area contributed by atoms with Crippen molar-refractivity contribution in [1.29, 1.82) is 0 Å². The van der Waals surface area contributed by atoms with E-state index >= 15 is 0 Å². The summed E-state index contributed by atoms with van der Waals surface area (Å²) < 4.78 is 0. The van der Waals surface area contributed by atoms with Gasteiger partial charge in [-0.15, -0.1) is 0 Å². The second-order valence-electron chi connectivity index (χ2n) is 6.25.